The Morgan fingerprint density at radius 2 is 2.29 bits per heavy atom. The predicted molar refractivity (Wildman–Crippen MR) is 57.7 cm³/mol. The number of aliphatic hydroxyl groups excluding tert-OH is 2. The molecule has 1 aliphatic rings. The van der Waals surface area contributed by atoms with Gasteiger partial charge in [0, 0.05) is 18.7 Å². The molecule has 1 aliphatic heterocycles. The molecule has 8 heteroatoms. The lowest BCUT2D eigenvalue weighted by Gasteiger charge is -2.16. The highest BCUT2D eigenvalue weighted by Gasteiger charge is 2.39. The molecule has 3 N–H and O–H groups in total. The van der Waals surface area contributed by atoms with Crippen molar-refractivity contribution in [2.75, 3.05) is 0 Å². The summed E-state index contributed by atoms with van der Waals surface area (Å²) in [5, 5.41) is 18.7. The van der Waals surface area contributed by atoms with Crippen LogP contribution < -0.4 is 11.2 Å². The molecule has 4 atom stereocenters. The summed E-state index contributed by atoms with van der Waals surface area (Å²) in [5.41, 5.74) is -2.51. The summed E-state index contributed by atoms with van der Waals surface area (Å²) in [7, 11) is 0. The molecule has 0 saturated carbocycles. The van der Waals surface area contributed by atoms with E-state index < -0.39 is 35.2 Å². The Hall–Kier alpha value is -1.15. The van der Waals surface area contributed by atoms with E-state index in [2.05, 4.69) is 4.98 Å². The third-order valence-corrected chi connectivity index (χ3v) is 2.82. The molecule has 0 spiro atoms. The SMILES string of the molecule is O=c1ccn([C@H]2C[C@H](O)[C@@H]([C@@H](O)Cl)O2)c(=O)[nH]1. The van der Waals surface area contributed by atoms with E-state index in [0.29, 0.717) is 0 Å². The van der Waals surface area contributed by atoms with Crippen LogP contribution in [0.4, 0.5) is 0 Å². The first-order valence-corrected chi connectivity index (χ1v) is 5.40. The summed E-state index contributed by atoms with van der Waals surface area (Å²) >= 11 is 5.42. The number of alkyl halides is 1. The molecule has 0 unspecified atom stereocenters. The molecular weight excluding hydrogens is 252 g/mol. The third kappa shape index (κ3) is 2.42. The number of hydrogen-bond acceptors (Lipinski definition) is 5. The maximum absolute atomic E-state index is 11.5. The molecular formula is C9H11ClN2O5. The second-order valence-corrected chi connectivity index (χ2v) is 4.20. The van der Waals surface area contributed by atoms with Crippen LogP contribution in [0, 0.1) is 0 Å². The van der Waals surface area contributed by atoms with Crippen LogP contribution in [0.25, 0.3) is 0 Å². The number of rotatable bonds is 2. The molecule has 0 bridgehead atoms. The number of aromatic nitrogens is 2. The van der Waals surface area contributed by atoms with Crippen molar-refractivity contribution in [2.45, 2.75) is 30.4 Å². The van der Waals surface area contributed by atoms with Crippen molar-refractivity contribution in [3.63, 3.8) is 0 Å². The van der Waals surface area contributed by atoms with E-state index in [0.717, 1.165) is 4.57 Å². The van der Waals surface area contributed by atoms with Gasteiger partial charge in [0.2, 0.25) is 0 Å². The number of aromatic amines is 1. The second kappa shape index (κ2) is 4.61. The minimum atomic E-state index is -1.35. The van der Waals surface area contributed by atoms with Crippen LogP contribution in [-0.2, 0) is 4.74 Å². The molecule has 1 aromatic heterocycles. The van der Waals surface area contributed by atoms with Crippen molar-refractivity contribution < 1.29 is 14.9 Å². The maximum atomic E-state index is 11.5. The van der Waals surface area contributed by atoms with Crippen molar-refractivity contribution in [3.05, 3.63) is 33.1 Å². The van der Waals surface area contributed by atoms with Crippen LogP contribution in [0.1, 0.15) is 12.6 Å². The highest BCUT2D eigenvalue weighted by atomic mass is 35.5. The number of nitrogens with zero attached hydrogens (tertiary/aromatic N) is 1. The van der Waals surface area contributed by atoms with Gasteiger partial charge in [0.15, 0.2) is 5.56 Å². The Morgan fingerprint density at radius 1 is 1.59 bits per heavy atom. The molecule has 94 valence electrons. The minimum Gasteiger partial charge on any atom is -0.390 e. The van der Waals surface area contributed by atoms with Gasteiger partial charge in [-0.3, -0.25) is 14.3 Å². The molecule has 0 aliphatic carbocycles. The van der Waals surface area contributed by atoms with Gasteiger partial charge in [0.1, 0.15) is 12.3 Å². The molecule has 7 nitrogen and oxygen atoms in total. The Morgan fingerprint density at radius 3 is 2.82 bits per heavy atom. The third-order valence-electron chi connectivity index (χ3n) is 2.57. The number of halogens is 1. The summed E-state index contributed by atoms with van der Waals surface area (Å²) in [4.78, 5) is 24.4. The van der Waals surface area contributed by atoms with E-state index in [1.54, 1.807) is 0 Å². The summed E-state index contributed by atoms with van der Waals surface area (Å²) in [5.74, 6) is 0. The normalized spacial score (nSPS) is 30.4. The van der Waals surface area contributed by atoms with Gasteiger partial charge in [-0.15, -0.1) is 0 Å². The van der Waals surface area contributed by atoms with Crippen molar-refractivity contribution in [2.24, 2.45) is 0 Å². The highest BCUT2D eigenvalue weighted by molar-refractivity contribution is 6.19. The molecule has 0 aromatic carbocycles. The molecule has 17 heavy (non-hydrogen) atoms. The smallest absolute Gasteiger partial charge is 0.330 e. The number of nitrogens with one attached hydrogen (secondary N) is 1. The molecule has 1 saturated heterocycles. The van der Waals surface area contributed by atoms with Gasteiger partial charge in [0.25, 0.3) is 5.56 Å². The number of H-pyrrole nitrogens is 1. The number of ether oxygens (including phenoxy) is 1. The maximum Gasteiger partial charge on any atom is 0.330 e. The molecule has 2 rings (SSSR count). The van der Waals surface area contributed by atoms with Crippen molar-refractivity contribution in [3.8, 4) is 0 Å². The minimum absolute atomic E-state index is 0.112. The lowest BCUT2D eigenvalue weighted by Crippen LogP contribution is -2.32. The molecule has 0 amide bonds. The quantitative estimate of drug-likeness (QED) is 0.577. The number of hydrogen-bond donors (Lipinski definition) is 3. The van der Waals surface area contributed by atoms with Crippen LogP contribution in [0.2, 0.25) is 0 Å². The van der Waals surface area contributed by atoms with Crippen LogP contribution in [0.15, 0.2) is 21.9 Å². The average Bonchev–Trinajstić information content (AvgIpc) is 2.60. The Balaban J connectivity index is 2.26. The standard InChI is InChI=1S/C9H11ClN2O5/c10-8(15)7-4(13)3-6(17-7)12-2-1-5(14)11-9(12)16/h1-2,4,6-8,13,15H,3H2,(H,11,14,16)/t4-,6+,7-,8+/m0/s1. The predicted octanol–water partition coefficient (Wildman–Crippen LogP) is -1.26. The highest BCUT2D eigenvalue weighted by Crippen LogP contribution is 2.30. The topological polar surface area (TPSA) is 105 Å². The van der Waals surface area contributed by atoms with E-state index in [1.807, 2.05) is 0 Å². The van der Waals surface area contributed by atoms with Crippen LogP contribution >= 0.6 is 11.6 Å². The van der Waals surface area contributed by atoms with Gasteiger partial charge < -0.3 is 14.9 Å². The fraction of sp³-hybridized carbons (Fsp3) is 0.556. The van der Waals surface area contributed by atoms with E-state index >= 15 is 0 Å². The van der Waals surface area contributed by atoms with Gasteiger partial charge in [-0.2, -0.15) is 0 Å². The van der Waals surface area contributed by atoms with E-state index in [1.165, 1.54) is 12.3 Å². The summed E-state index contributed by atoms with van der Waals surface area (Å²) in [6, 6.07) is 1.17. The first kappa shape index (κ1) is 12.3. The molecule has 0 radical (unpaired) electrons. The van der Waals surface area contributed by atoms with E-state index in [9.17, 15) is 14.7 Å². The summed E-state index contributed by atoms with van der Waals surface area (Å²) in [6.45, 7) is 0. The fourth-order valence-corrected chi connectivity index (χ4v) is 1.98. The van der Waals surface area contributed by atoms with Gasteiger partial charge in [-0.1, -0.05) is 11.6 Å². The first-order valence-electron chi connectivity index (χ1n) is 4.96. The Bertz CT molecular complexity index is 511. The zero-order valence-electron chi connectivity index (χ0n) is 8.62. The van der Waals surface area contributed by atoms with Gasteiger partial charge >= 0.3 is 5.69 Å². The van der Waals surface area contributed by atoms with Gasteiger partial charge in [-0.05, 0) is 0 Å². The van der Waals surface area contributed by atoms with Gasteiger partial charge in [0.05, 0.1) is 6.10 Å². The first-order chi connectivity index (χ1) is 7.99. The van der Waals surface area contributed by atoms with Crippen molar-refractivity contribution in [1.82, 2.24) is 9.55 Å². The molecule has 1 fully saturated rings. The largest absolute Gasteiger partial charge is 0.390 e. The van der Waals surface area contributed by atoms with Crippen LogP contribution in [0.5, 0.6) is 0 Å². The zero-order valence-corrected chi connectivity index (χ0v) is 9.37. The monoisotopic (exact) mass is 262 g/mol. The lowest BCUT2D eigenvalue weighted by molar-refractivity contribution is -0.0585. The average molecular weight is 263 g/mol. The fourth-order valence-electron chi connectivity index (χ4n) is 1.75. The summed E-state index contributed by atoms with van der Waals surface area (Å²) in [6.07, 6.45) is -1.30. The molecule has 2 heterocycles. The van der Waals surface area contributed by atoms with Crippen LogP contribution in [-0.4, -0.2) is 37.5 Å². The van der Waals surface area contributed by atoms with E-state index in [-0.39, 0.29) is 6.42 Å². The van der Waals surface area contributed by atoms with Crippen molar-refractivity contribution in [1.29, 1.82) is 0 Å². The van der Waals surface area contributed by atoms with Crippen LogP contribution in [0.3, 0.4) is 0 Å². The van der Waals surface area contributed by atoms with E-state index in [4.69, 9.17) is 21.4 Å². The molecule has 1 aromatic rings. The number of aliphatic hydroxyl groups is 2. The zero-order chi connectivity index (χ0) is 12.6. The lowest BCUT2D eigenvalue weighted by atomic mass is 10.2. The Labute approximate surface area is 100 Å². The van der Waals surface area contributed by atoms with Gasteiger partial charge in [-0.25, -0.2) is 4.79 Å². The Kier molecular flexibility index (Phi) is 3.34. The van der Waals surface area contributed by atoms with Crippen molar-refractivity contribution >= 4 is 11.6 Å². The summed E-state index contributed by atoms with van der Waals surface area (Å²) < 4.78 is 6.38. The second-order valence-electron chi connectivity index (χ2n) is 3.75.